The number of rotatable bonds is 4. The summed E-state index contributed by atoms with van der Waals surface area (Å²) in [6, 6.07) is 8.41. The summed E-state index contributed by atoms with van der Waals surface area (Å²) in [5.41, 5.74) is 2.36. The molecule has 7 nitrogen and oxygen atoms in total. The average molecular weight is 404 g/mol. The van der Waals surface area contributed by atoms with Crippen LogP contribution in [0.4, 0.5) is 0 Å². The number of benzene rings is 1. The smallest absolute Gasteiger partial charge is 0.193 e. The Labute approximate surface area is 167 Å². The van der Waals surface area contributed by atoms with Crippen LogP contribution in [0.5, 0.6) is 0 Å². The summed E-state index contributed by atoms with van der Waals surface area (Å²) in [7, 11) is -1.34. The number of sulfone groups is 1. The first-order valence-corrected chi connectivity index (χ1v) is 11.1. The van der Waals surface area contributed by atoms with Crippen molar-refractivity contribution in [3.8, 4) is 0 Å². The zero-order valence-electron chi connectivity index (χ0n) is 17.0. The van der Waals surface area contributed by atoms with E-state index in [0.717, 1.165) is 23.9 Å². The standard InChI is InChI=1S/C20H29N5O2S/c1-16-22-8-9-24(16)14-18-7-5-6-17(12-18)13-23-19(21-4)25-10-11-28(26,27)20(2,3)15-25/h5-9,12H,10-11,13-15H2,1-4H3,(H,21,23). The average Bonchev–Trinajstić information content (AvgIpc) is 3.03. The molecule has 152 valence electrons. The summed E-state index contributed by atoms with van der Waals surface area (Å²) in [5, 5.41) is 3.38. The highest BCUT2D eigenvalue weighted by atomic mass is 32.2. The summed E-state index contributed by atoms with van der Waals surface area (Å²) in [4.78, 5) is 10.7. The fourth-order valence-corrected chi connectivity index (χ4v) is 4.81. The van der Waals surface area contributed by atoms with Crippen LogP contribution in [0.2, 0.25) is 0 Å². The topological polar surface area (TPSA) is 79.6 Å². The first kappa shape index (κ1) is 20.4. The molecule has 3 rings (SSSR count). The summed E-state index contributed by atoms with van der Waals surface area (Å²) < 4.78 is 25.8. The molecule has 0 aliphatic carbocycles. The van der Waals surface area contributed by atoms with Gasteiger partial charge in [-0.1, -0.05) is 24.3 Å². The number of aromatic nitrogens is 2. The quantitative estimate of drug-likeness (QED) is 0.622. The van der Waals surface area contributed by atoms with Crippen molar-refractivity contribution in [1.82, 2.24) is 19.8 Å². The van der Waals surface area contributed by atoms with Gasteiger partial charge in [0.25, 0.3) is 0 Å². The molecule has 2 heterocycles. The monoisotopic (exact) mass is 403 g/mol. The van der Waals surface area contributed by atoms with Crippen LogP contribution in [0, 0.1) is 6.92 Å². The van der Waals surface area contributed by atoms with Gasteiger partial charge in [-0.25, -0.2) is 13.4 Å². The third-order valence-electron chi connectivity index (χ3n) is 5.27. The number of imidazole rings is 1. The summed E-state index contributed by atoms with van der Waals surface area (Å²) in [6.07, 6.45) is 3.79. The van der Waals surface area contributed by atoms with Crippen molar-refractivity contribution in [1.29, 1.82) is 0 Å². The van der Waals surface area contributed by atoms with E-state index < -0.39 is 14.6 Å². The zero-order valence-corrected chi connectivity index (χ0v) is 17.8. The van der Waals surface area contributed by atoms with Gasteiger partial charge in [0.2, 0.25) is 0 Å². The van der Waals surface area contributed by atoms with E-state index in [9.17, 15) is 8.42 Å². The molecular formula is C20H29N5O2S. The third kappa shape index (κ3) is 4.38. The van der Waals surface area contributed by atoms with Gasteiger partial charge in [-0.2, -0.15) is 0 Å². The minimum Gasteiger partial charge on any atom is -0.352 e. The Kier molecular flexibility index (Phi) is 5.79. The van der Waals surface area contributed by atoms with E-state index >= 15 is 0 Å². The molecule has 1 aliphatic heterocycles. The summed E-state index contributed by atoms with van der Waals surface area (Å²) in [5.74, 6) is 1.88. The molecule has 1 aliphatic rings. The van der Waals surface area contributed by atoms with Crippen molar-refractivity contribution in [2.24, 2.45) is 4.99 Å². The SMILES string of the molecule is CN=C(NCc1cccc(Cn2ccnc2C)c1)N1CCS(=O)(=O)C(C)(C)C1. The fraction of sp³-hybridized carbons (Fsp3) is 0.500. The maximum Gasteiger partial charge on any atom is 0.193 e. The Morgan fingerprint density at radius 3 is 2.71 bits per heavy atom. The number of nitrogens with one attached hydrogen (secondary N) is 1. The second kappa shape index (κ2) is 7.95. The van der Waals surface area contributed by atoms with E-state index in [0.29, 0.717) is 19.6 Å². The molecule has 0 amide bonds. The molecule has 0 spiro atoms. The van der Waals surface area contributed by atoms with Crippen molar-refractivity contribution in [3.05, 3.63) is 53.6 Å². The van der Waals surface area contributed by atoms with Gasteiger partial charge in [0.1, 0.15) is 5.82 Å². The molecule has 8 heteroatoms. The van der Waals surface area contributed by atoms with Gasteiger partial charge in [-0.15, -0.1) is 0 Å². The maximum atomic E-state index is 12.2. The van der Waals surface area contributed by atoms with Crippen LogP contribution in [0.15, 0.2) is 41.7 Å². The normalized spacial score (nSPS) is 18.9. The number of hydrogen-bond acceptors (Lipinski definition) is 4. The van der Waals surface area contributed by atoms with Crippen LogP contribution in [-0.4, -0.2) is 59.5 Å². The van der Waals surface area contributed by atoms with Crippen molar-refractivity contribution < 1.29 is 8.42 Å². The van der Waals surface area contributed by atoms with E-state index in [2.05, 4.69) is 44.1 Å². The lowest BCUT2D eigenvalue weighted by molar-refractivity contribution is 0.353. The lowest BCUT2D eigenvalue weighted by Gasteiger charge is -2.39. The van der Waals surface area contributed by atoms with Crippen LogP contribution < -0.4 is 5.32 Å². The van der Waals surface area contributed by atoms with Crippen LogP contribution in [0.3, 0.4) is 0 Å². The Balaban J connectivity index is 1.64. The van der Waals surface area contributed by atoms with Crippen LogP contribution >= 0.6 is 0 Å². The minimum absolute atomic E-state index is 0.153. The molecule has 0 bridgehead atoms. The minimum atomic E-state index is -3.07. The van der Waals surface area contributed by atoms with E-state index in [1.54, 1.807) is 20.9 Å². The van der Waals surface area contributed by atoms with Gasteiger partial charge in [0.05, 0.1) is 10.5 Å². The van der Waals surface area contributed by atoms with Gasteiger partial charge >= 0.3 is 0 Å². The van der Waals surface area contributed by atoms with Gasteiger partial charge in [0.15, 0.2) is 15.8 Å². The molecule has 1 N–H and O–H groups in total. The predicted octanol–water partition coefficient (Wildman–Crippen LogP) is 1.82. The molecule has 0 radical (unpaired) electrons. The Hall–Kier alpha value is -2.35. The van der Waals surface area contributed by atoms with Crippen LogP contribution in [0.25, 0.3) is 0 Å². The Bertz CT molecular complexity index is 962. The van der Waals surface area contributed by atoms with E-state index in [1.807, 2.05) is 24.2 Å². The number of aryl methyl sites for hydroxylation is 1. The predicted molar refractivity (Wildman–Crippen MR) is 112 cm³/mol. The highest BCUT2D eigenvalue weighted by Gasteiger charge is 2.40. The summed E-state index contributed by atoms with van der Waals surface area (Å²) >= 11 is 0. The molecule has 1 fully saturated rings. The number of nitrogens with zero attached hydrogens (tertiary/aromatic N) is 4. The zero-order chi connectivity index (χ0) is 20.4. The van der Waals surface area contributed by atoms with E-state index in [4.69, 9.17) is 0 Å². The van der Waals surface area contributed by atoms with E-state index in [1.165, 1.54) is 5.56 Å². The lowest BCUT2D eigenvalue weighted by atomic mass is 10.1. The van der Waals surface area contributed by atoms with Crippen molar-refractivity contribution >= 4 is 15.8 Å². The number of hydrogen-bond donors (Lipinski definition) is 1. The summed E-state index contributed by atoms with van der Waals surface area (Å²) in [6.45, 7) is 7.88. The van der Waals surface area contributed by atoms with Crippen LogP contribution in [-0.2, 0) is 22.9 Å². The largest absolute Gasteiger partial charge is 0.352 e. The van der Waals surface area contributed by atoms with Crippen molar-refractivity contribution in [2.75, 3.05) is 25.9 Å². The maximum absolute atomic E-state index is 12.2. The first-order valence-electron chi connectivity index (χ1n) is 9.45. The third-order valence-corrected chi connectivity index (χ3v) is 7.81. The molecule has 0 saturated carbocycles. The van der Waals surface area contributed by atoms with Gasteiger partial charge < -0.3 is 14.8 Å². The molecule has 1 saturated heterocycles. The lowest BCUT2D eigenvalue weighted by Crippen LogP contribution is -2.57. The Morgan fingerprint density at radius 2 is 2.07 bits per heavy atom. The molecule has 0 atom stereocenters. The number of aliphatic imine (C=N–C) groups is 1. The highest BCUT2D eigenvalue weighted by Crippen LogP contribution is 2.23. The highest BCUT2D eigenvalue weighted by molar-refractivity contribution is 7.92. The molecule has 2 aromatic rings. The molecule has 1 aromatic heterocycles. The van der Waals surface area contributed by atoms with E-state index in [-0.39, 0.29) is 5.75 Å². The second-order valence-corrected chi connectivity index (χ2v) is 10.6. The Morgan fingerprint density at radius 1 is 1.32 bits per heavy atom. The molecular weight excluding hydrogens is 374 g/mol. The second-order valence-electron chi connectivity index (χ2n) is 7.82. The fourth-order valence-electron chi connectivity index (χ4n) is 3.44. The van der Waals surface area contributed by atoms with Gasteiger partial charge in [-0.05, 0) is 31.9 Å². The molecule has 28 heavy (non-hydrogen) atoms. The van der Waals surface area contributed by atoms with Gasteiger partial charge in [0, 0.05) is 45.6 Å². The van der Waals surface area contributed by atoms with Crippen LogP contribution in [0.1, 0.15) is 30.8 Å². The number of guanidine groups is 1. The molecule has 0 unspecified atom stereocenters. The first-order chi connectivity index (χ1) is 13.2. The van der Waals surface area contributed by atoms with Gasteiger partial charge in [-0.3, -0.25) is 4.99 Å². The molecule has 1 aromatic carbocycles. The van der Waals surface area contributed by atoms with Crippen molar-refractivity contribution in [2.45, 2.75) is 38.6 Å². The van der Waals surface area contributed by atoms with Crippen molar-refractivity contribution in [3.63, 3.8) is 0 Å².